The van der Waals surface area contributed by atoms with Crippen LogP contribution in [0.4, 0.5) is 0 Å². The summed E-state index contributed by atoms with van der Waals surface area (Å²) in [5.74, 6) is -0.355. The van der Waals surface area contributed by atoms with E-state index < -0.39 is 5.97 Å². The number of rotatable bonds is 4. The van der Waals surface area contributed by atoms with Gasteiger partial charge in [0.25, 0.3) is 0 Å². The third-order valence-corrected chi connectivity index (χ3v) is 3.39. The Morgan fingerprint density at radius 3 is 2.65 bits per heavy atom. The van der Waals surface area contributed by atoms with E-state index in [9.17, 15) is 4.79 Å². The summed E-state index contributed by atoms with van der Waals surface area (Å²) in [6.07, 6.45) is 0.982. The van der Waals surface area contributed by atoms with Crippen LogP contribution in [0.15, 0.2) is 24.3 Å². The Morgan fingerprint density at radius 1 is 1.35 bits per heavy atom. The summed E-state index contributed by atoms with van der Waals surface area (Å²) < 4.78 is 1.83. The van der Waals surface area contributed by atoms with Crippen molar-refractivity contribution in [3.05, 3.63) is 46.8 Å². The molecule has 1 aromatic heterocycles. The summed E-state index contributed by atoms with van der Waals surface area (Å²) in [5, 5.41) is 13.6. The van der Waals surface area contributed by atoms with E-state index in [-0.39, 0.29) is 5.56 Å². The number of aromatic carboxylic acids is 1. The van der Waals surface area contributed by atoms with Crippen LogP contribution in [0.25, 0.3) is 5.69 Å². The number of hydrogen-bond donors (Lipinski definition) is 1. The molecule has 0 aliphatic heterocycles. The normalized spacial score (nSPS) is 11.1. The molecule has 0 spiro atoms. The summed E-state index contributed by atoms with van der Waals surface area (Å²) >= 11 is 0. The zero-order chi connectivity index (χ0) is 14.9. The van der Waals surface area contributed by atoms with Gasteiger partial charge in [-0.1, -0.05) is 19.9 Å². The van der Waals surface area contributed by atoms with Crippen molar-refractivity contribution < 1.29 is 9.90 Å². The average molecular weight is 272 g/mol. The number of aromatic nitrogens is 2. The lowest BCUT2D eigenvalue weighted by Gasteiger charge is -2.08. The van der Waals surface area contributed by atoms with Crippen LogP contribution in [-0.4, -0.2) is 20.9 Å². The molecule has 1 aromatic carbocycles. The van der Waals surface area contributed by atoms with E-state index in [4.69, 9.17) is 5.11 Å². The lowest BCUT2D eigenvalue weighted by atomic mass is 10.0. The Hall–Kier alpha value is -2.10. The zero-order valence-electron chi connectivity index (χ0n) is 12.3. The molecular formula is C16H20N2O2. The first-order valence-electron chi connectivity index (χ1n) is 6.79. The fraction of sp³-hybridized carbons (Fsp3) is 0.375. The highest BCUT2D eigenvalue weighted by atomic mass is 16.4. The maximum absolute atomic E-state index is 11.1. The molecule has 0 atom stereocenters. The first-order chi connectivity index (χ1) is 9.40. The van der Waals surface area contributed by atoms with Gasteiger partial charge in [0.05, 0.1) is 16.9 Å². The second-order valence-corrected chi connectivity index (χ2v) is 5.51. The fourth-order valence-electron chi connectivity index (χ4n) is 2.40. The second kappa shape index (κ2) is 5.49. The molecule has 1 heterocycles. The minimum Gasteiger partial charge on any atom is -0.478 e. The van der Waals surface area contributed by atoms with Gasteiger partial charge in [-0.05, 0) is 49.9 Å². The van der Waals surface area contributed by atoms with Crippen LogP contribution in [0.5, 0.6) is 0 Å². The maximum atomic E-state index is 11.1. The summed E-state index contributed by atoms with van der Waals surface area (Å²) in [4.78, 5) is 11.1. The smallest absolute Gasteiger partial charge is 0.335 e. The van der Waals surface area contributed by atoms with E-state index in [1.165, 1.54) is 5.56 Å². The van der Waals surface area contributed by atoms with E-state index in [1.807, 2.05) is 24.6 Å². The number of benzene rings is 1. The highest BCUT2D eigenvalue weighted by Crippen LogP contribution is 2.21. The van der Waals surface area contributed by atoms with Crippen molar-refractivity contribution >= 4 is 5.97 Å². The van der Waals surface area contributed by atoms with Gasteiger partial charge < -0.3 is 5.11 Å². The van der Waals surface area contributed by atoms with Crippen LogP contribution in [0.3, 0.4) is 0 Å². The largest absolute Gasteiger partial charge is 0.478 e. The van der Waals surface area contributed by atoms with E-state index in [0.717, 1.165) is 23.5 Å². The van der Waals surface area contributed by atoms with Crippen LogP contribution >= 0.6 is 0 Å². The molecule has 1 N–H and O–H groups in total. The van der Waals surface area contributed by atoms with Crippen molar-refractivity contribution in [3.8, 4) is 5.69 Å². The molecule has 0 amide bonds. The van der Waals surface area contributed by atoms with Gasteiger partial charge in [-0.3, -0.25) is 0 Å². The Balaban J connectivity index is 2.48. The Morgan fingerprint density at radius 2 is 2.05 bits per heavy atom. The summed E-state index contributed by atoms with van der Waals surface area (Å²) in [5.41, 5.74) is 4.41. The summed E-state index contributed by atoms with van der Waals surface area (Å²) in [6, 6.07) is 6.87. The lowest BCUT2D eigenvalue weighted by Crippen LogP contribution is -2.03. The molecule has 2 aromatic rings. The molecule has 4 heteroatoms. The van der Waals surface area contributed by atoms with Crippen molar-refractivity contribution in [2.45, 2.75) is 34.1 Å². The van der Waals surface area contributed by atoms with Crippen LogP contribution < -0.4 is 0 Å². The van der Waals surface area contributed by atoms with Crippen LogP contribution in [0, 0.1) is 19.8 Å². The van der Waals surface area contributed by atoms with Crippen LogP contribution in [-0.2, 0) is 6.42 Å². The highest BCUT2D eigenvalue weighted by molar-refractivity contribution is 5.88. The lowest BCUT2D eigenvalue weighted by molar-refractivity contribution is 0.0697. The minimum absolute atomic E-state index is 0.278. The maximum Gasteiger partial charge on any atom is 0.335 e. The SMILES string of the molecule is Cc1nn(-c2cccc(C(=O)O)c2)c(C)c1CC(C)C. The van der Waals surface area contributed by atoms with Crippen molar-refractivity contribution in [1.29, 1.82) is 0 Å². The van der Waals surface area contributed by atoms with Crippen molar-refractivity contribution in [2.75, 3.05) is 0 Å². The van der Waals surface area contributed by atoms with Crippen LogP contribution in [0.2, 0.25) is 0 Å². The number of nitrogens with zero attached hydrogens (tertiary/aromatic N) is 2. The molecule has 0 saturated heterocycles. The van der Waals surface area contributed by atoms with Gasteiger partial charge in [-0.15, -0.1) is 0 Å². The third-order valence-electron chi connectivity index (χ3n) is 3.39. The van der Waals surface area contributed by atoms with Gasteiger partial charge in [-0.2, -0.15) is 5.10 Å². The number of carboxylic acids is 1. The molecule has 0 saturated carbocycles. The molecule has 0 unspecified atom stereocenters. The molecule has 2 rings (SSSR count). The van der Waals surface area contributed by atoms with E-state index >= 15 is 0 Å². The van der Waals surface area contributed by atoms with Crippen molar-refractivity contribution in [1.82, 2.24) is 9.78 Å². The van der Waals surface area contributed by atoms with Gasteiger partial charge in [0.1, 0.15) is 0 Å². The predicted molar refractivity (Wildman–Crippen MR) is 78.5 cm³/mol. The Labute approximate surface area is 119 Å². The van der Waals surface area contributed by atoms with E-state index in [1.54, 1.807) is 18.2 Å². The monoisotopic (exact) mass is 272 g/mol. The first-order valence-corrected chi connectivity index (χ1v) is 6.79. The molecule has 0 radical (unpaired) electrons. The summed E-state index contributed by atoms with van der Waals surface area (Å²) in [6.45, 7) is 8.40. The van der Waals surface area contributed by atoms with E-state index in [0.29, 0.717) is 5.92 Å². The molecular weight excluding hydrogens is 252 g/mol. The van der Waals surface area contributed by atoms with E-state index in [2.05, 4.69) is 18.9 Å². The standard InChI is InChI=1S/C16H20N2O2/c1-10(2)8-15-11(3)17-18(12(15)4)14-7-5-6-13(9-14)16(19)20/h5-7,9-10H,8H2,1-4H3,(H,19,20). The molecule has 106 valence electrons. The minimum atomic E-state index is -0.921. The van der Waals surface area contributed by atoms with Gasteiger partial charge in [0.15, 0.2) is 0 Å². The number of hydrogen-bond acceptors (Lipinski definition) is 2. The molecule has 20 heavy (non-hydrogen) atoms. The molecule has 0 bridgehead atoms. The number of aryl methyl sites for hydroxylation is 1. The van der Waals surface area contributed by atoms with Gasteiger partial charge in [-0.25, -0.2) is 9.48 Å². The second-order valence-electron chi connectivity index (χ2n) is 5.51. The molecule has 0 aliphatic rings. The number of carbonyl (C=O) groups is 1. The molecule has 4 nitrogen and oxygen atoms in total. The Bertz CT molecular complexity index is 642. The number of carboxylic acid groups (broad SMARTS) is 1. The molecule has 0 aliphatic carbocycles. The summed E-state index contributed by atoms with van der Waals surface area (Å²) in [7, 11) is 0. The highest BCUT2D eigenvalue weighted by Gasteiger charge is 2.14. The Kier molecular flexibility index (Phi) is 3.93. The predicted octanol–water partition coefficient (Wildman–Crippen LogP) is 3.39. The zero-order valence-corrected chi connectivity index (χ0v) is 12.3. The van der Waals surface area contributed by atoms with Crippen molar-refractivity contribution in [2.24, 2.45) is 5.92 Å². The van der Waals surface area contributed by atoms with Crippen LogP contribution in [0.1, 0.15) is 41.2 Å². The first kappa shape index (κ1) is 14.3. The molecule has 0 fully saturated rings. The topological polar surface area (TPSA) is 55.1 Å². The average Bonchev–Trinajstić information content (AvgIpc) is 2.66. The van der Waals surface area contributed by atoms with Crippen molar-refractivity contribution in [3.63, 3.8) is 0 Å². The fourth-order valence-corrected chi connectivity index (χ4v) is 2.40. The quantitative estimate of drug-likeness (QED) is 0.928. The van der Waals surface area contributed by atoms with Gasteiger partial charge in [0, 0.05) is 5.69 Å². The van der Waals surface area contributed by atoms with Gasteiger partial charge in [0.2, 0.25) is 0 Å². The third kappa shape index (κ3) is 2.74. The van der Waals surface area contributed by atoms with Gasteiger partial charge >= 0.3 is 5.97 Å².